The molecule has 1 aromatic heterocycles. The molecule has 7 heteroatoms. The molecule has 0 saturated carbocycles. The van der Waals surface area contributed by atoms with E-state index >= 15 is 0 Å². The smallest absolute Gasteiger partial charge is 0.234 e. The summed E-state index contributed by atoms with van der Waals surface area (Å²) >= 11 is 0. The lowest BCUT2D eigenvalue weighted by atomic mass is 9.76. The highest BCUT2D eigenvalue weighted by Gasteiger charge is 2.67. The topological polar surface area (TPSA) is 78.5 Å². The highest BCUT2D eigenvalue weighted by atomic mass is 16.5. The molecule has 1 N–H and O–H groups in total. The molecule has 1 aromatic carbocycles. The lowest BCUT2D eigenvalue weighted by molar-refractivity contribution is -0.139. The van der Waals surface area contributed by atoms with E-state index in [1.54, 1.807) is 23.0 Å². The quantitative estimate of drug-likeness (QED) is 0.771. The molecule has 7 nitrogen and oxygen atoms in total. The lowest BCUT2D eigenvalue weighted by Gasteiger charge is -2.27. The summed E-state index contributed by atoms with van der Waals surface area (Å²) in [7, 11) is 1.80. The fraction of sp³-hybridized carbons (Fsp3) is 0.435. The molecule has 30 heavy (non-hydrogen) atoms. The van der Waals surface area contributed by atoms with Crippen LogP contribution in [0.3, 0.4) is 0 Å². The summed E-state index contributed by atoms with van der Waals surface area (Å²) in [5.41, 5.74) is 3.54. The van der Waals surface area contributed by atoms with E-state index in [2.05, 4.69) is 17.1 Å². The van der Waals surface area contributed by atoms with Gasteiger partial charge in [-0.15, -0.1) is 0 Å². The SMILES string of the molecule is Cc1ccc(N2CC34C=CC(O3)C(C(=O)N(C)CCc3cn[nH]c3)C4C2=O)cc1C. The molecule has 4 atom stereocenters. The fourth-order valence-electron chi connectivity index (χ4n) is 4.97. The largest absolute Gasteiger partial charge is 0.360 e. The second-order valence-electron chi connectivity index (χ2n) is 8.71. The summed E-state index contributed by atoms with van der Waals surface area (Å²) in [6.07, 6.45) is 7.93. The van der Waals surface area contributed by atoms with Crippen LogP contribution in [-0.2, 0) is 20.7 Å². The molecule has 1 spiro atoms. The van der Waals surface area contributed by atoms with E-state index in [1.165, 1.54) is 5.56 Å². The van der Waals surface area contributed by atoms with Gasteiger partial charge in [-0.25, -0.2) is 0 Å². The average molecular weight is 406 g/mol. The first-order valence-corrected chi connectivity index (χ1v) is 10.4. The normalized spacial score (nSPS) is 29.0. The lowest BCUT2D eigenvalue weighted by Crippen LogP contribution is -2.45. The summed E-state index contributed by atoms with van der Waals surface area (Å²) in [5.74, 6) is -1.01. The van der Waals surface area contributed by atoms with Gasteiger partial charge in [0.25, 0.3) is 0 Å². The van der Waals surface area contributed by atoms with Gasteiger partial charge in [-0.2, -0.15) is 5.10 Å². The van der Waals surface area contributed by atoms with Crippen molar-refractivity contribution >= 4 is 17.5 Å². The van der Waals surface area contributed by atoms with E-state index in [4.69, 9.17) is 4.74 Å². The number of anilines is 1. The Balaban J connectivity index is 1.38. The number of carbonyl (C=O) groups excluding carboxylic acids is 2. The van der Waals surface area contributed by atoms with Crippen molar-refractivity contribution in [1.29, 1.82) is 0 Å². The Morgan fingerprint density at radius 2 is 2.20 bits per heavy atom. The van der Waals surface area contributed by atoms with Crippen LogP contribution < -0.4 is 4.90 Å². The van der Waals surface area contributed by atoms with Gasteiger partial charge >= 0.3 is 0 Å². The molecule has 0 radical (unpaired) electrons. The number of aromatic amines is 1. The minimum atomic E-state index is -0.702. The fourth-order valence-corrected chi connectivity index (χ4v) is 4.97. The molecular weight excluding hydrogens is 380 g/mol. The first kappa shape index (κ1) is 19.1. The van der Waals surface area contributed by atoms with Gasteiger partial charge in [0.05, 0.1) is 30.7 Å². The molecule has 3 aliphatic rings. The number of nitrogens with one attached hydrogen (secondary N) is 1. The Bertz CT molecular complexity index is 1030. The Morgan fingerprint density at radius 1 is 1.37 bits per heavy atom. The third-order valence-corrected chi connectivity index (χ3v) is 6.85. The molecule has 2 saturated heterocycles. The van der Waals surface area contributed by atoms with E-state index in [1.807, 2.05) is 43.5 Å². The first-order valence-electron chi connectivity index (χ1n) is 10.4. The summed E-state index contributed by atoms with van der Waals surface area (Å²) < 4.78 is 6.26. The number of amides is 2. The predicted molar refractivity (Wildman–Crippen MR) is 112 cm³/mol. The van der Waals surface area contributed by atoms with Crippen LogP contribution in [0.2, 0.25) is 0 Å². The van der Waals surface area contributed by atoms with Gasteiger partial charge in [-0.1, -0.05) is 18.2 Å². The van der Waals surface area contributed by atoms with E-state index in [9.17, 15) is 9.59 Å². The highest BCUT2D eigenvalue weighted by molar-refractivity contribution is 6.03. The number of rotatable bonds is 5. The number of fused-ring (bicyclic) bond motifs is 1. The van der Waals surface area contributed by atoms with Crippen molar-refractivity contribution in [2.75, 3.05) is 25.0 Å². The molecule has 0 aliphatic carbocycles. The molecule has 2 bridgehead atoms. The zero-order valence-corrected chi connectivity index (χ0v) is 17.5. The molecule has 2 fully saturated rings. The first-order chi connectivity index (χ1) is 14.4. The van der Waals surface area contributed by atoms with Crippen molar-refractivity contribution in [2.45, 2.75) is 32.0 Å². The summed E-state index contributed by atoms with van der Waals surface area (Å²) in [4.78, 5) is 30.3. The summed E-state index contributed by atoms with van der Waals surface area (Å²) in [6, 6.07) is 6.04. The molecule has 2 amide bonds. The summed E-state index contributed by atoms with van der Waals surface area (Å²) in [6.45, 7) is 5.12. The van der Waals surface area contributed by atoms with Crippen LogP contribution in [0.4, 0.5) is 5.69 Å². The number of hydrogen-bond donors (Lipinski definition) is 1. The third-order valence-electron chi connectivity index (χ3n) is 6.85. The van der Waals surface area contributed by atoms with Crippen LogP contribution in [0.5, 0.6) is 0 Å². The Hall–Kier alpha value is -2.93. The molecule has 3 aliphatic heterocycles. The highest BCUT2D eigenvalue weighted by Crippen LogP contribution is 2.53. The molecule has 5 rings (SSSR count). The number of nitrogens with zero attached hydrogens (tertiary/aromatic N) is 3. The Labute approximate surface area is 175 Å². The molecule has 156 valence electrons. The number of ether oxygens (including phenoxy) is 1. The van der Waals surface area contributed by atoms with Crippen LogP contribution in [0.1, 0.15) is 16.7 Å². The molecular formula is C23H26N4O3. The average Bonchev–Trinajstić information content (AvgIpc) is 3.50. The van der Waals surface area contributed by atoms with Crippen LogP contribution in [-0.4, -0.2) is 58.8 Å². The second-order valence-corrected chi connectivity index (χ2v) is 8.71. The van der Waals surface area contributed by atoms with Crippen molar-refractivity contribution in [2.24, 2.45) is 11.8 Å². The third kappa shape index (κ3) is 2.80. The maximum Gasteiger partial charge on any atom is 0.234 e. The van der Waals surface area contributed by atoms with Gasteiger partial charge in [0.15, 0.2) is 0 Å². The van der Waals surface area contributed by atoms with Crippen LogP contribution in [0.25, 0.3) is 0 Å². The number of carbonyl (C=O) groups is 2. The van der Waals surface area contributed by atoms with Gasteiger partial charge < -0.3 is 14.5 Å². The van der Waals surface area contributed by atoms with Crippen LogP contribution >= 0.6 is 0 Å². The predicted octanol–water partition coefficient (Wildman–Crippen LogP) is 2.01. The van der Waals surface area contributed by atoms with Crippen molar-refractivity contribution in [3.8, 4) is 0 Å². The zero-order chi connectivity index (χ0) is 21.0. The molecule has 2 aromatic rings. The van der Waals surface area contributed by atoms with Gasteiger partial charge in [0.2, 0.25) is 11.8 Å². The van der Waals surface area contributed by atoms with Crippen molar-refractivity contribution in [1.82, 2.24) is 15.1 Å². The number of aryl methyl sites for hydroxylation is 2. The van der Waals surface area contributed by atoms with E-state index in [0.29, 0.717) is 19.5 Å². The van der Waals surface area contributed by atoms with Gasteiger partial charge in [-0.05, 0) is 49.1 Å². The minimum absolute atomic E-state index is 0.0216. The van der Waals surface area contributed by atoms with Crippen molar-refractivity contribution in [3.63, 3.8) is 0 Å². The molecule has 4 unspecified atom stereocenters. The maximum atomic E-state index is 13.5. The van der Waals surface area contributed by atoms with Crippen LogP contribution in [0.15, 0.2) is 42.7 Å². The van der Waals surface area contributed by atoms with Gasteiger partial charge in [0, 0.05) is 25.5 Å². The Kier molecular flexibility index (Phi) is 4.32. The van der Waals surface area contributed by atoms with E-state index < -0.39 is 17.4 Å². The molecule has 4 heterocycles. The number of hydrogen-bond acceptors (Lipinski definition) is 4. The zero-order valence-electron chi connectivity index (χ0n) is 17.5. The standard InChI is InChI=1S/C23H26N4O3/c1-14-4-5-17(10-15(14)2)27-13-23-8-6-18(30-23)19(20(23)22(27)29)21(28)26(3)9-7-16-11-24-25-12-16/h4-6,8,10-12,18-20H,7,9,13H2,1-3H3,(H,24,25). The van der Waals surface area contributed by atoms with Gasteiger partial charge in [-0.3, -0.25) is 14.7 Å². The van der Waals surface area contributed by atoms with E-state index in [0.717, 1.165) is 16.8 Å². The van der Waals surface area contributed by atoms with Crippen LogP contribution in [0, 0.1) is 25.7 Å². The minimum Gasteiger partial charge on any atom is -0.360 e. The summed E-state index contributed by atoms with van der Waals surface area (Å²) in [5, 5.41) is 6.74. The monoisotopic (exact) mass is 406 g/mol. The number of aromatic nitrogens is 2. The van der Waals surface area contributed by atoms with Crippen molar-refractivity contribution in [3.05, 3.63) is 59.4 Å². The number of likely N-dealkylation sites (N-methyl/N-ethyl adjacent to an activating group) is 1. The second kappa shape index (κ2) is 6.80. The van der Waals surface area contributed by atoms with Gasteiger partial charge in [0.1, 0.15) is 5.60 Å². The Morgan fingerprint density at radius 3 is 2.93 bits per heavy atom. The number of H-pyrrole nitrogens is 1. The van der Waals surface area contributed by atoms with Crippen molar-refractivity contribution < 1.29 is 14.3 Å². The van der Waals surface area contributed by atoms with E-state index in [-0.39, 0.29) is 17.9 Å². The maximum absolute atomic E-state index is 13.5. The number of benzene rings is 1.